The summed E-state index contributed by atoms with van der Waals surface area (Å²) in [6.07, 6.45) is 9.01. The van der Waals surface area contributed by atoms with Crippen LogP contribution in [0.5, 0.6) is 0 Å². The van der Waals surface area contributed by atoms with Crippen LogP contribution in [0.1, 0.15) is 65.2 Å². The molecule has 182 valence electrons. The molecule has 1 aliphatic heterocycles. The Balaban J connectivity index is 1.34. The van der Waals surface area contributed by atoms with Gasteiger partial charge >= 0.3 is 0 Å². The molecule has 7 nitrogen and oxygen atoms in total. The van der Waals surface area contributed by atoms with Crippen LogP contribution in [0.3, 0.4) is 0 Å². The van der Waals surface area contributed by atoms with Gasteiger partial charge in [-0.25, -0.2) is 8.42 Å². The fraction of sp³-hybridized carbons (Fsp3) is 1.00. The first-order valence-corrected chi connectivity index (χ1v) is 14.4. The summed E-state index contributed by atoms with van der Waals surface area (Å²) < 4.78 is 31.0. The molecule has 3 fully saturated rings. The average Bonchev–Trinajstić information content (AvgIpc) is 2.81. The van der Waals surface area contributed by atoms with Crippen molar-refractivity contribution in [2.24, 2.45) is 11.8 Å². The molecular weight excluding hydrogens is 412 g/mol. The average molecular weight is 459 g/mol. The monoisotopic (exact) mass is 458 g/mol. The highest BCUT2D eigenvalue weighted by Crippen LogP contribution is 2.32. The molecule has 1 saturated heterocycles. The van der Waals surface area contributed by atoms with Gasteiger partial charge in [-0.15, -0.1) is 0 Å². The largest absolute Gasteiger partial charge is 0.381 e. The third kappa shape index (κ3) is 7.37. The minimum atomic E-state index is -2.99. The second-order valence-corrected chi connectivity index (χ2v) is 12.2. The van der Waals surface area contributed by atoms with E-state index in [4.69, 9.17) is 4.74 Å². The van der Waals surface area contributed by atoms with E-state index in [-0.39, 0.29) is 11.5 Å². The van der Waals surface area contributed by atoms with Crippen molar-refractivity contribution in [2.75, 3.05) is 45.6 Å². The van der Waals surface area contributed by atoms with E-state index in [2.05, 4.69) is 34.7 Å². The molecule has 3 aliphatic rings. The van der Waals surface area contributed by atoms with Crippen LogP contribution in [0.2, 0.25) is 0 Å². The number of ether oxygens (including phenoxy) is 1. The summed E-state index contributed by atoms with van der Waals surface area (Å²) in [7, 11) is -1.16. The molecule has 2 saturated carbocycles. The number of hydrogen-bond donors (Lipinski definition) is 3. The van der Waals surface area contributed by atoms with Gasteiger partial charge in [0.25, 0.3) is 0 Å². The van der Waals surface area contributed by atoms with Crippen LogP contribution in [0, 0.1) is 11.8 Å². The van der Waals surface area contributed by atoms with Crippen molar-refractivity contribution in [3.05, 3.63) is 0 Å². The number of nitrogens with zero attached hydrogens (tertiary/aromatic N) is 1. The first kappa shape index (κ1) is 25.4. The van der Waals surface area contributed by atoms with Gasteiger partial charge in [-0.1, -0.05) is 13.8 Å². The Morgan fingerprint density at radius 2 is 1.52 bits per heavy atom. The van der Waals surface area contributed by atoms with Crippen LogP contribution in [0.25, 0.3) is 0 Å². The van der Waals surface area contributed by atoms with Gasteiger partial charge in [0.05, 0.1) is 17.1 Å². The molecule has 0 atom stereocenters. The zero-order chi connectivity index (χ0) is 22.3. The van der Waals surface area contributed by atoms with Crippen LogP contribution in [0.15, 0.2) is 0 Å². The van der Waals surface area contributed by atoms with Crippen LogP contribution in [0.4, 0.5) is 0 Å². The summed E-state index contributed by atoms with van der Waals surface area (Å²) in [6.45, 7) is 8.79. The molecule has 2 aliphatic carbocycles. The predicted molar refractivity (Wildman–Crippen MR) is 127 cm³/mol. The van der Waals surface area contributed by atoms with Crippen LogP contribution < -0.4 is 16.0 Å². The van der Waals surface area contributed by atoms with E-state index in [0.717, 1.165) is 57.8 Å². The Morgan fingerprint density at radius 3 is 2.06 bits per heavy atom. The standard InChI is InChI=1S/C23H46N4O3S/c1-4-27(5-2)14-15-31(28,29)22-12-8-20(9-13-22)26-23-24-16-19(17-25-23)18-6-10-21(30-3)11-7-18/h18-26H,4-17H2,1-3H3. The molecule has 1 heterocycles. The molecular formula is C23H46N4O3S. The normalized spacial score (nSPS) is 35.4. The fourth-order valence-corrected chi connectivity index (χ4v) is 7.55. The van der Waals surface area contributed by atoms with E-state index >= 15 is 0 Å². The maximum Gasteiger partial charge on any atom is 0.154 e. The van der Waals surface area contributed by atoms with Gasteiger partial charge in [0.15, 0.2) is 9.84 Å². The highest BCUT2D eigenvalue weighted by Gasteiger charge is 2.34. The van der Waals surface area contributed by atoms with Crippen molar-refractivity contribution < 1.29 is 13.2 Å². The SMILES string of the molecule is CCN(CC)CCS(=O)(=O)C1CCC(NC2NCC(C3CCC(OC)CC3)CN2)CC1. The highest BCUT2D eigenvalue weighted by atomic mass is 32.2. The lowest BCUT2D eigenvalue weighted by molar-refractivity contribution is 0.0415. The number of methoxy groups -OCH3 is 1. The van der Waals surface area contributed by atoms with Crippen molar-refractivity contribution in [1.29, 1.82) is 0 Å². The lowest BCUT2D eigenvalue weighted by Gasteiger charge is -2.40. The molecule has 0 bridgehead atoms. The molecule has 0 aromatic rings. The minimum absolute atomic E-state index is 0.146. The summed E-state index contributed by atoms with van der Waals surface area (Å²) in [5.74, 6) is 1.79. The first-order chi connectivity index (χ1) is 14.9. The molecule has 0 spiro atoms. The molecule has 3 rings (SSSR count). The number of nitrogens with one attached hydrogen (secondary N) is 3. The third-order valence-corrected chi connectivity index (χ3v) is 10.3. The lowest BCUT2D eigenvalue weighted by atomic mass is 9.78. The number of sulfone groups is 1. The van der Waals surface area contributed by atoms with E-state index in [1.165, 1.54) is 25.7 Å². The molecule has 0 radical (unpaired) electrons. The Kier molecular flexibility index (Phi) is 10.1. The Bertz CT molecular complexity index is 604. The van der Waals surface area contributed by atoms with Crippen LogP contribution in [-0.4, -0.2) is 82.6 Å². The minimum Gasteiger partial charge on any atom is -0.381 e. The van der Waals surface area contributed by atoms with Crippen molar-refractivity contribution in [1.82, 2.24) is 20.9 Å². The maximum atomic E-state index is 12.8. The van der Waals surface area contributed by atoms with Gasteiger partial charge < -0.3 is 9.64 Å². The van der Waals surface area contributed by atoms with Crippen molar-refractivity contribution in [3.63, 3.8) is 0 Å². The maximum absolute atomic E-state index is 12.8. The lowest BCUT2D eigenvalue weighted by Crippen LogP contribution is -2.63. The Labute approximate surface area is 190 Å². The third-order valence-electron chi connectivity index (χ3n) is 8.06. The molecule has 3 N–H and O–H groups in total. The van der Waals surface area contributed by atoms with Crippen LogP contribution in [-0.2, 0) is 14.6 Å². The molecule has 8 heteroatoms. The van der Waals surface area contributed by atoms with E-state index < -0.39 is 9.84 Å². The van der Waals surface area contributed by atoms with Crippen molar-refractivity contribution in [3.8, 4) is 0 Å². The van der Waals surface area contributed by atoms with Gasteiger partial charge in [-0.3, -0.25) is 16.0 Å². The summed E-state index contributed by atoms with van der Waals surface area (Å²) in [6, 6.07) is 0.396. The molecule has 0 aromatic heterocycles. The fourth-order valence-electron chi connectivity index (χ4n) is 5.72. The molecule has 0 unspecified atom stereocenters. The number of hydrogen-bond acceptors (Lipinski definition) is 7. The zero-order valence-electron chi connectivity index (χ0n) is 19.9. The predicted octanol–water partition coefficient (Wildman–Crippen LogP) is 1.94. The number of rotatable bonds is 10. The molecule has 31 heavy (non-hydrogen) atoms. The van der Waals surface area contributed by atoms with Crippen molar-refractivity contribution >= 4 is 9.84 Å². The van der Waals surface area contributed by atoms with Gasteiger partial charge in [-0.2, -0.15) is 0 Å². The van der Waals surface area contributed by atoms with E-state index in [9.17, 15) is 8.42 Å². The second-order valence-electron chi connectivity index (χ2n) is 9.82. The van der Waals surface area contributed by atoms with E-state index in [1.54, 1.807) is 0 Å². The van der Waals surface area contributed by atoms with Crippen molar-refractivity contribution in [2.45, 2.75) is 88.9 Å². The van der Waals surface area contributed by atoms with Crippen LogP contribution >= 0.6 is 0 Å². The Hall–Kier alpha value is -0.250. The Morgan fingerprint density at radius 1 is 0.903 bits per heavy atom. The quantitative estimate of drug-likeness (QED) is 0.461. The highest BCUT2D eigenvalue weighted by molar-refractivity contribution is 7.92. The smallest absolute Gasteiger partial charge is 0.154 e. The summed E-state index contributed by atoms with van der Waals surface area (Å²) >= 11 is 0. The molecule has 0 amide bonds. The summed E-state index contributed by atoms with van der Waals surface area (Å²) in [5.41, 5.74) is 0. The molecule has 0 aromatic carbocycles. The van der Waals surface area contributed by atoms with Gasteiger partial charge in [0.1, 0.15) is 6.29 Å². The van der Waals surface area contributed by atoms with Gasteiger partial charge in [-0.05, 0) is 76.3 Å². The topological polar surface area (TPSA) is 82.7 Å². The second kappa shape index (κ2) is 12.3. The van der Waals surface area contributed by atoms with E-state index in [1.807, 2.05) is 7.11 Å². The first-order valence-electron chi connectivity index (χ1n) is 12.6. The van der Waals surface area contributed by atoms with Gasteiger partial charge in [0, 0.05) is 32.8 Å². The summed E-state index contributed by atoms with van der Waals surface area (Å²) in [4.78, 5) is 2.20. The summed E-state index contributed by atoms with van der Waals surface area (Å²) in [5, 5.41) is 10.8. The van der Waals surface area contributed by atoms with E-state index in [0.29, 0.717) is 30.4 Å². The van der Waals surface area contributed by atoms with Gasteiger partial charge in [0.2, 0.25) is 0 Å². The zero-order valence-corrected chi connectivity index (χ0v) is 20.8.